The zero-order valence-corrected chi connectivity index (χ0v) is 4.42. The highest BCUT2D eigenvalue weighted by Gasteiger charge is 2.48. The maximum absolute atomic E-state index is 2.44. The van der Waals surface area contributed by atoms with Gasteiger partial charge in [0.2, 0.25) is 0 Å². The molecule has 1 radical (unpaired) electrons. The Hall–Kier alpha value is 0.350. The van der Waals surface area contributed by atoms with E-state index in [1.54, 1.807) is 0 Å². The van der Waals surface area contributed by atoms with Gasteiger partial charge in [0.1, 0.15) is 0 Å². The lowest BCUT2D eigenvalue weighted by atomic mass is 10.3. The molecule has 1 saturated carbocycles. The molecular formula is C5H7S. The largest absolute Gasteiger partial charge is 0.154 e. The zero-order valence-electron chi connectivity index (χ0n) is 3.61. The van der Waals surface area contributed by atoms with Crippen molar-refractivity contribution in [3.8, 4) is 0 Å². The van der Waals surface area contributed by atoms with Crippen LogP contribution in [0.5, 0.6) is 0 Å². The standard InChI is InChI=1S/C5H7S/c1-2-5(1)3-4-6-5/h3H,1-2,4H2. The zero-order chi connectivity index (χ0) is 4.04. The molecule has 0 aromatic rings. The summed E-state index contributed by atoms with van der Waals surface area (Å²) in [5.74, 6) is 1.32. The molecule has 1 saturated heterocycles. The average molecular weight is 99.2 g/mol. The lowest BCUT2D eigenvalue weighted by Gasteiger charge is -2.22. The maximum Gasteiger partial charge on any atom is 0.0200 e. The summed E-state index contributed by atoms with van der Waals surface area (Å²) in [6, 6.07) is 0. The molecule has 2 aliphatic rings. The fourth-order valence-electron chi connectivity index (χ4n) is 0.791. The minimum atomic E-state index is 0.764. The van der Waals surface area contributed by atoms with E-state index in [0.717, 1.165) is 4.75 Å². The van der Waals surface area contributed by atoms with Crippen LogP contribution in [0, 0.1) is 6.42 Å². The predicted molar refractivity (Wildman–Crippen MR) is 28.7 cm³/mol. The van der Waals surface area contributed by atoms with E-state index in [9.17, 15) is 0 Å². The Morgan fingerprint density at radius 1 is 1.50 bits per heavy atom. The Morgan fingerprint density at radius 3 is 2.17 bits per heavy atom. The van der Waals surface area contributed by atoms with Gasteiger partial charge in [-0.15, -0.1) is 0 Å². The van der Waals surface area contributed by atoms with Crippen LogP contribution < -0.4 is 0 Å². The Balaban J connectivity index is 2.09. The van der Waals surface area contributed by atoms with E-state index in [2.05, 4.69) is 18.2 Å². The van der Waals surface area contributed by atoms with Crippen LogP contribution in [0.3, 0.4) is 0 Å². The second kappa shape index (κ2) is 0.786. The van der Waals surface area contributed by atoms with Crippen LogP contribution in [0.1, 0.15) is 12.8 Å². The first kappa shape index (κ1) is 3.36. The summed E-state index contributed by atoms with van der Waals surface area (Å²) in [4.78, 5) is 0. The Morgan fingerprint density at radius 2 is 2.17 bits per heavy atom. The summed E-state index contributed by atoms with van der Waals surface area (Å²) < 4.78 is 0.764. The second-order valence-corrected chi connectivity index (χ2v) is 3.51. The fraction of sp³-hybridized carbons (Fsp3) is 0.800. The van der Waals surface area contributed by atoms with E-state index < -0.39 is 0 Å². The molecule has 1 heterocycles. The molecule has 0 aromatic heterocycles. The number of thioether (sulfide) groups is 1. The second-order valence-electron chi connectivity index (χ2n) is 2.08. The molecule has 1 spiro atoms. The van der Waals surface area contributed by atoms with Gasteiger partial charge in [-0.1, -0.05) is 0 Å². The molecular weight excluding hydrogens is 92.1 g/mol. The van der Waals surface area contributed by atoms with Crippen LogP contribution in [0.2, 0.25) is 0 Å². The van der Waals surface area contributed by atoms with Crippen LogP contribution in [0.15, 0.2) is 0 Å². The number of hydrogen-bond acceptors (Lipinski definition) is 1. The van der Waals surface area contributed by atoms with Crippen LogP contribution in [0.25, 0.3) is 0 Å². The van der Waals surface area contributed by atoms with E-state index >= 15 is 0 Å². The van der Waals surface area contributed by atoms with Crippen LogP contribution in [-0.4, -0.2) is 10.5 Å². The Labute approximate surface area is 42.3 Å². The Bertz CT molecular complexity index is 68.0. The minimum Gasteiger partial charge on any atom is -0.154 e. The van der Waals surface area contributed by atoms with Crippen molar-refractivity contribution in [3.63, 3.8) is 0 Å². The number of hydrogen-bond donors (Lipinski definition) is 0. The molecule has 0 N–H and O–H groups in total. The highest BCUT2D eigenvalue weighted by molar-refractivity contribution is 8.02. The van der Waals surface area contributed by atoms with E-state index in [1.165, 1.54) is 18.6 Å². The molecule has 0 bridgehead atoms. The molecule has 0 unspecified atom stereocenters. The SMILES string of the molecule is [CH]1CSC12CC2. The summed E-state index contributed by atoms with van der Waals surface area (Å²) in [6.07, 6.45) is 5.38. The van der Waals surface area contributed by atoms with Crippen molar-refractivity contribution in [2.24, 2.45) is 0 Å². The summed E-state index contributed by atoms with van der Waals surface area (Å²) in [7, 11) is 0. The molecule has 2 fully saturated rings. The van der Waals surface area contributed by atoms with Gasteiger partial charge in [-0.3, -0.25) is 0 Å². The molecule has 1 aliphatic heterocycles. The lowest BCUT2D eigenvalue weighted by Crippen LogP contribution is -2.16. The smallest absolute Gasteiger partial charge is 0.0200 e. The third kappa shape index (κ3) is 0.274. The van der Waals surface area contributed by atoms with Gasteiger partial charge in [-0.2, -0.15) is 11.8 Å². The van der Waals surface area contributed by atoms with Gasteiger partial charge in [-0.05, 0) is 25.0 Å². The molecule has 0 nitrogen and oxygen atoms in total. The molecule has 33 valence electrons. The highest BCUT2D eigenvalue weighted by atomic mass is 32.2. The summed E-state index contributed by atoms with van der Waals surface area (Å²) >= 11 is 2.12. The first-order valence-electron chi connectivity index (χ1n) is 2.40. The van der Waals surface area contributed by atoms with Crippen LogP contribution >= 0.6 is 11.8 Å². The lowest BCUT2D eigenvalue weighted by molar-refractivity contribution is 1.01. The van der Waals surface area contributed by atoms with Crippen molar-refractivity contribution in [2.45, 2.75) is 17.6 Å². The van der Waals surface area contributed by atoms with Gasteiger partial charge in [0.05, 0.1) is 0 Å². The van der Waals surface area contributed by atoms with Crippen molar-refractivity contribution in [3.05, 3.63) is 6.42 Å². The van der Waals surface area contributed by atoms with Gasteiger partial charge >= 0.3 is 0 Å². The molecule has 0 amide bonds. The fourth-order valence-corrected chi connectivity index (χ4v) is 1.82. The molecule has 2 rings (SSSR count). The van der Waals surface area contributed by atoms with E-state index in [0.29, 0.717) is 0 Å². The van der Waals surface area contributed by atoms with Gasteiger partial charge in [0.15, 0.2) is 0 Å². The molecule has 0 atom stereocenters. The summed E-state index contributed by atoms with van der Waals surface area (Å²) in [5, 5.41) is 0. The van der Waals surface area contributed by atoms with Gasteiger partial charge in [-0.25, -0.2) is 0 Å². The molecule has 1 aliphatic carbocycles. The topological polar surface area (TPSA) is 0 Å². The van der Waals surface area contributed by atoms with Gasteiger partial charge < -0.3 is 0 Å². The van der Waals surface area contributed by atoms with Gasteiger partial charge in [0, 0.05) is 4.75 Å². The third-order valence-electron chi connectivity index (χ3n) is 1.57. The third-order valence-corrected chi connectivity index (χ3v) is 3.05. The van der Waals surface area contributed by atoms with Crippen molar-refractivity contribution in [1.29, 1.82) is 0 Å². The van der Waals surface area contributed by atoms with Crippen molar-refractivity contribution < 1.29 is 0 Å². The quantitative estimate of drug-likeness (QED) is 0.443. The first-order chi connectivity index (χ1) is 2.91. The molecule has 1 heteroatoms. The molecule has 0 aromatic carbocycles. The van der Waals surface area contributed by atoms with Crippen LogP contribution in [0.4, 0.5) is 0 Å². The van der Waals surface area contributed by atoms with E-state index in [1.807, 2.05) is 0 Å². The monoisotopic (exact) mass is 99.0 g/mol. The summed E-state index contributed by atoms with van der Waals surface area (Å²) in [5.41, 5.74) is 0. The predicted octanol–water partition coefficient (Wildman–Crippen LogP) is 1.47. The highest BCUT2D eigenvalue weighted by Crippen LogP contribution is 2.58. The number of rotatable bonds is 0. The normalized spacial score (nSPS) is 36.0. The van der Waals surface area contributed by atoms with Crippen molar-refractivity contribution >= 4 is 11.8 Å². The van der Waals surface area contributed by atoms with Crippen molar-refractivity contribution in [1.82, 2.24) is 0 Å². The van der Waals surface area contributed by atoms with E-state index in [4.69, 9.17) is 0 Å². The summed E-state index contributed by atoms with van der Waals surface area (Å²) in [6.45, 7) is 0. The van der Waals surface area contributed by atoms with Gasteiger partial charge in [0.25, 0.3) is 0 Å². The van der Waals surface area contributed by atoms with Crippen molar-refractivity contribution in [2.75, 3.05) is 5.75 Å². The maximum atomic E-state index is 2.44. The molecule has 6 heavy (non-hydrogen) atoms. The first-order valence-corrected chi connectivity index (χ1v) is 3.38. The Kier molecular flexibility index (Phi) is 0.441. The average Bonchev–Trinajstić information content (AvgIpc) is 2.02. The minimum absolute atomic E-state index is 0.764. The van der Waals surface area contributed by atoms with E-state index in [-0.39, 0.29) is 0 Å². The van der Waals surface area contributed by atoms with Crippen LogP contribution in [-0.2, 0) is 0 Å².